The highest BCUT2D eigenvalue weighted by Gasteiger charge is 2.27. The van der Waals surface area contributed by atoms with Gasteiger partial charge in [-0.2, -0.15) is 0 Å². The van der Waals surface area contributed by atoms with Gasteiger partial charge in [-0.25, -0.2) is 33.4 Å². The number of urea groups is 2. The zero-order valence-corrected chi connectivity index (χ0v) is 40.5. The molecule has 74 heavy (non-hydrogen) atoms. The number of carboxylic acid groups (broad SMARTS) is 6. The number of unbranched alkanes of at least 4 members (excludes halogenated alkanes) is 3. The number of rotatable bonds is 41. The first-order chi connectivity index (χ1) is 35.3. The highest BCUT2D eigenvalue weighted by molar-refractivity contribution is 6.00. The second-order valence-corrected chi connectivity index (χ2v) is 16.1. The number of carbonyl (C=O) groups excluding carboxylic acids is 4. The molecule has 30 nitrogen and oxygen atoms in total. The molecular weight excluding hydrogens is 989 g/mol. The number of aliphatic carboxylic acids is 6. The summed E-state index contributed by atoms with van der Waals surface area (Å²) in [7, 11) is 0. The smallest absolute Gasteiger partial charge is 0.326 e. The summed E-state index contributed by atoms with van der Waals surface area (Å²) >= 11 is 0. The Kier molecular flexibility index (Phi) is 30.1. The summed E-state index contributed by atoms with van der Waals surface area (Å²) in [5, 5.41) is 77.5. The van der Waals surface area contributed by atoms with E-state index in [-0.39, 0.29) is 81.8 Å². The van der Waals surface area contributed by atoms with Gasteiger partial charge in [-0.15, -0.1) is 5.10 Å². The quantitative estimate of drug-likeness (QED) is 0.0360. The molecule has 6 amide bonds. The second-order valence-electron chi connectivity index (χ2n) is 16.1. The predicted octanol–water partition coefficient (Wildman–Crippen LogP) is -0.877. The Balaban J connectivity index is 2.06. The van der Waals surface area contributed by atoms with Crippen LogP contribution in [0.5, 0.6) is 0 Å². The zero-order chi connectivity index (χ0) is 54.8. The molecule has 4 atom stereocenters. The SMILES string of the molecule is NCCOCCOCCOCCOCc1cn(-c2cc(C(=O)NCCCCC[C@H](NC(=O)N[C@@H](CCC(=O)O)C(=O)O)C(=O)O)cc(C(=O)NCCCC[C@H](NC(=O)N[C@@H](CCC(=O)O)C(=O)O)C(=O)O)c2)nn1. The van der Waals surface area contributed by atoms with Crippen LogP contribution in [0.25, 0.3) is 5.69 Å². The van der Waals surface area contributed by atoms with E-state index in [0.717, 1.165) is 0 Å². The highest BCUT2D eigenvalue weighted by Crippen LogP contribution is 2.16. The minimum absolute atomic E-state index is 0.0176. The minimum atomic E-state index is -1.58. The van der Waals surface area contributed by atoms with Crippen molar-refractivity contribution in [1.82, 2.24) is 46.9 Å². The van der Waals surface area contributed by atoms with Crippen LogP contribution in [-0.2, 0) is 54.3 Å². The third-order valence-corrected chi connectivity index (χ3v) is 10.2. The van der Waals surface area contributed by atoms with Crippen LogP contribution in [0.3, 0.4) is 0 Å². The minimum Gasteiger partial charge on any atom is -0.481 e. The summed E-state index contributed by atoms with van der Waals surface area (Å²) in [6.07, 6.45) is 0.736. The molecule has 0 aliphatic heterocycles. The summed E-state index contributed by atoms with van der Waals surface area (Å²) in [4.78, 5) is 120. The van der Waals surface area contributed by atoms with Crippen molar-refractivity contribution in [3.63, 3.8) is 0 Å². The van der Waals surface area contributed by atoms with E-state index in [4.69, 9.17) is 34.9 Å². The molecular formula is C44H66N10O20. The van der Waals surface area contributed by atoms with Gasteiger partial charge < -0.3 is 87.2 Å². The van der Waals surface area contributed by atoms with Crippen molar-refractivity contribution < 1.29 is 97.5 Å². The summed E-state index contributed by atoms with van der Waals surface area (Å²) in [6.45, 7) is 3.06. The Hall–Kier alpha value is -7.54. The third-order valence-electron chi connectivity index (χ3n) is 10.2. The van der Waals surface area contributed by atoms with Crippen LogP contribution >= 0.6 is 0 Å². The Morgan fingerprint density at radius 3 is 1.32 bits per heavy atom. The molecule has 412 valence electrons. The van der Waals surface area contributed by atoms with Gasteiger partial charge in [0, 0.05) is 43.6 Å². The number of hydrogen-bond donors (Lipinski definition) is 13. The fourth-order valence-electron chi connectivity index (χ4n) is 6.43. The van der Waals surface area contributed by atoms with Crippen LogP contribution in [0.15, 0.2) is 24.4 Å². The van der Waals surface area contributed by atoms with E-state index in [1.165, 1.54) is 29.1 Å². The van der Waals surface area contributed by atoms with Gasteiger partial charge in [-0.3, -0.25) is 19.2 Å². The third kappa shape index (κ3) is 26.8. The zero-order valence-electron chi connectivity index (χ0n) is 40.5. The van der Waals surface area contributed by atoms with Gasteiger partial charge >= 0.3 is 47.9 Å². The van der Waals surface area contributed by atoms with Crippen molar-refractivity contribution in [2.75, 3.05) is 65.9 Å². The van der Waals surface area contributed by atoms with E-state index in [0.29, 0.717) is 58.1 Å². The molecule has 0 saturated carbocycles. The van der Waals surface area contributed by atoms with Gasteiger partial charge in [-0.1, -0.05) is 18.1 Å². The fraction of sp³-hybridized carbons (Fsp3) is 0.591. The number of amides is 6. The van der Waals surface area contributed by atoms with Crippen molar-refractivity contribution in [3.05, 3.63) is 41.2 Å². The molecule has 1 aromatic carbocycles. The van der Waals surface area contributed by atoms with Crippen molar-refractivity contribution in [2.24, 2.45) is 5.73 Å². The lowest BCUT2D eigenvalue weighted by atomic mass is 10.1. The number of benzene rings is 1. The molecule has 14 N–H and O–H groups in total. The number of carboxylic acids is 6. The lowest BCUT2D eigenvalue weighted by Crippen LogP contribution is -2.51. The van der Waals surface area contributed by atoms with Gasteiger partial charge in [0.15, 0.2) is 0 Å². The summed E-state index contributed by atoms with van der Waals surface area (Å²) in [6, 6.07) is -4.03. The van der Waals surface area contributed by atoms with Gasteiger partial charge in [0.1, 0.15) is 29.9 Å². The maximum Gasteiger partial charge on any atom is 0.326 e. The molecule has 0 saturated heterocycles. The Morgan fingerprint density at radius 1 is 0.514 bits per heavy atom. The van der Waals surface area contributed by atoms with Crippen LogP contribution in [0, 0.1) is 0 Å². The molecule has 0 spiro atoms. The van der Waals surface area contributed by atoms with E-state index in [1.54, 1.807) is 0 Å². The summed E-state index contributed by atoms with van der Waals surface area (Å²) in [5.74, 6) is -9.62. The second kappa shape index (κ2) is 35.6. The first kappa shape index (κ1) is 62.6. The van der Waals surface area contributed by atoms with Crippen LogP contribution in [0.1, 0.15) is 97.0 Å². The molecule has 1 heterocycles. The van der Waals surface area contributed by atoms with Crippen LogP contribution in [-0.4, -0.2) is 195 Å². The van der Waals surface area contributed by atoms with E-state index >= 15 is 0 Å². The first-order valence-corrected chi connectivity index (χ1v) is 23.4. The van der Waals surface area contributed by atoms with E-state index in [2.05, 4.69) is 36.9 Å². The molecule has 2 rings (SSSR count). The number of nitrogens with two attached hydrogens (primary N) is 1. The van der Waals surface area contributed by atoms with Crippen molar-refractivity contribution in [1.29, 1.82) is 0 Å². The van der Waals surface area contributed by atoms with Crippen LogP contribution in [0.2, 0.25) is 0 Å². The molecule has 0 radical (unpaired) electrons. The van der Waals surface area contributed by atoms with Gasteiger partial charge in [0.05, 0.1) is 64.7 Å². The summed E-state index contributed by atoms with van der Waals surface area (Å²) in [5.41, 5.74) is 6.09. The fourth-order valence-corrected chi connectivity index (χ4v) is 6.43. The molecule has 1 aromatic heterocycles. The van der Waals surface area contributed by atoms with Crippen molar-refractivity contribution in [2.45, 2.75) is 101 Å². The largest absolute Gasteiger partial charge is 0.481 e. The van der Waals surface area contributed by atoms with Crippen LogP contribution in [0.4, 0.5) is 9.59 Å². The molecule has 2 aromatic rings. The maximum absolute atomic E-state index is 13.5. The maximum atomic E-state index is 13.5. The average Bonchev–Trinajstić information content (AvgIpc) is 3.83. The highest BCUT2D eigenvalue weighted by atomic mass is 16.6. The Labute approximate surface area is 423 Å². The van der Waals surface area contributed by atoms with Crippen molar-refractivity contribution in [3.8, 4) is 5.69 Å². The first-order valence-electron chi connectivity index (χ1n) is 23.4. The molecule has 0 fully saturated rings. The molecule has 0 aliphatic carbocycles. The Morgan fingerprint density at radius 2 is 0.905 bits per heavy atom. The molecule has 0 unspecified atom stereocenters. The van der Waals surface area contributed by atoms with E-state index in [1.807, 2.05) is 5.32 Å². The topological polar surface area (TPSA) is 458 Å². The lowest BCUT2D eigenvalue weighted by molar-refractivity contribution is -0.142. The van der Waals surface area contributed by atoms with Gasteiger partial charge in [0.25, 0.3) is 11.8 Å². The van der Waals surface area contributed by atoms with E-state index in [9.17, 15) is 68.4 Å². The number of ether oxygens (including phenoxy) is 4. The van der Waals surface area contributed by atoms with Crippen LogP contribution < -0.4 is 37.6 Å². The number of carbonyl (C=O) groups is 10. The summed E-state index contributed by atoms with van der Waals surface area (Å²) < 4.78 is 23.1. The molecule has 0 bridgehead atoms. The average molecular weight is 1060 g/mol. The van der Waals surface area contributed by atoms with Crippen molar-refractivity contribution >= 4 is 59.7 Å². The standard InChI is InChI=1S/C44H66N10O20/c45-12-15-71-16-17-72-18-19-73-20-21-74-26-29-25-54(53-52-29)30-23-27(37(59)46-13-4-1-2-6-31(39(61)62)48-43(69)50-33(41(65)66)8-10-35(55)56)22-28(24-30)38(60)47-14-5-3-7-32(40(63)64)49-44(70)51-34(42(67)68)9-11-36(57)58/h22-25,31-34H,1-21,26,45H2,(H,46,59)(H,47,60)(H,55,56)(H,57,58)(H,61,62)(H,63,64)(H,65,66)(H,67,68)(H2,48,50,69)(H2,49,51,70)/t31-,32-,33-,34-/m0/s1. The number of aromatic nitrogens is 3. The molecule has 30 heteroatoms. The monoisotopic (exact) mass is 1050 g/mol. The number of hydrogen-bond acceptors (Lipinski definition) is 17. The number of nitrogens with zero attached hydrogens (tertiary/aromatic N) is 3. The number of nitrogens with one attached hydrogen (secondary N) is 6. The lowest BCUT2D eigenvalue weighted by Gasteiger charge is -2.18. The normalized spacial score (nSPS) is 12.6. The predicted molar refractivity (Wildman–Crippen MR) is 252 cm³/mol. The molecule has 0 aliphatic rings. The Bertz CT molecular complexity index is 2160. The van der Waals surface area contributed by atoms with Gasteiger partial charge in [-0.05, 0) is 63.1 Å². The van der Waals surface area contributed by atoms with E-state index < -0.39 is 110 Å². The van der Waals surface area contributed by atoms with Gasteiger partial charge in [0.2, 0.25) is 0 Å².